The molecule has 4 rings (SSSR count). The number of aromatic nitrogens is 1. The number of nitrogens with one attached hydrogen (secondary N) is 1. The molecule has 2 heterocycles. The van der Waals surface area contributed by atoms with Gasteiger partial charge in [0.25, 0.3) is 11.9 Å². The van der Waals surface area contributed by atoms with Gasteiger partial charge in [-0.05, 0) is 43.5 Å². The third-order valence-electron chi connectivity index (χ3n) is 5.18. The molecule has 0 aliphatic carbocycles. The molecule has 1 saturated heterocycles. The van der Waals surface area contributed by atoms with Crippen LogP contribution in [-0.4, -0.2) is 35.4 Å². The highest BCUT2D eigenvalue weighted by Crippen LogP contribution is 2.34. The van der Waals surface area contributed by atoms with Gasteiger partial charge in [-0.2, -0.15) is 18.2 Å². The van der Waals surface area contributed by atoms with Crippen LogP contribution in [-0.2, 0) is 6.18 Å². The first-order valence-electron chi connectivity index (χ1n) is 9.48. The van der Waals surface area contributed by atoms with Crippen LogP contribution in [0.4, 0.5) is 19.2 Å². The van der Waals surface area contributed by atoms with E-state index in [1.54, 1.807) is 25.1 Å². The number of amides is 1. The number of aryl methyl sites for hydroxylation is 1. The quantitative estimate of drug-likeness (QED) is 0.595. The van der Waals surface area contributed by atoms with E-state index < -0.39 is 17.6 Å². The van der Waals surface area contributed by atoms with E-state index in [9.17, 15) is 18.0 Å². The van der Waals surface area contributed by atoms with Crippen molar-refractivity contribution < 1.29 is 22.4 Å². The highest BCUT2D eigenvalue weighted by molar-refractivity contribution is 6.31. The van der Waals surface area contributed by atoms with Gasteiger partial charge < -0.3 is 14.6 Å². The minimum atomic E-state index is -4.57. The maximum absolute atomic E-state index is 13.3. The Morgan fingerprint density at radius 2 is 2.10 bits per heavy atom. The third kappa shape index (κ3) is 4.23. The lowest BCUT2D eigenvalue weighted by Crippen LogP contribution is -2.31. The first-order valence-corrected chi connectivity index (χ1v) is 9.85. The van der Waals surface area contributed by atoms with Crippen molar-refractivity contribution in [3.05, 3.63) is 58.1 Å². The summed E-state index contributed by atoms with van der Waals surface area (Å²) in [4.78, 5) is 18.6. The number of carbonyl (C=O) groups is 1. The Morgan fingerprint density at radius 1 is 1.30 bits per heavy atom. The summed E-state index contributed by atoms with van der Waals surface area (Å²) in [6.45, 7) is 2.92. The fourth-order valence-corrected chi connectivity index (χ4v) is 3.80. The number of carbonyl (C=O) groups excluding carboxylic acids is 1. The molecule has 158 valence electrons. The summed E-state index contributed by atoms with van der Waals surface area (Å²) in [6.07, 6.45) is -3.90. The SMILES string of the molecule is Cc1ccc(C(F)(F)F)c(C(=O)N2CC[C@H](CNc3nc4ccc(Cl)cc4o3)C2)c1. The number of likely N-dealkylation sites (tertiary alicyclic amines) is 1. The monoisotopic (exact) mass is 437 g/mol. The van der Waals surface area contributed by atoms with Crippen molar-refractivity contribution in [3.8, 4) is 0 Å². The fourth-order valence-electron chi connectivity index (χ4n) is 3.64. The van der Waals surface area contributed by atoms with Crippen LogP contribution in [0.1, 0.15) is 27.9 Å². The van der Waals surface area contributed by atoms with Gasteiger partial charge >= 0.3 is 6.18 Å². The normalized spacial score (nSPS) is 17.0. The van der Waals surface area contributed by atoms with E-state index in [2.05, 4.69) is 10.3 Å². The van der Waals surface area contributed by atoms with Crippen molar-refractivity contribution in [3.63, 3.8) is 0 Å². The number of nitrogens with zero attached hydrogens (tertiary/aromatic N) is 2. The van der Waals surface area contributed by atoms with Crippen LogP contribution >= 0.6 is 11.6 Å². The Kier molecular flexibility index (Phi) is 5.36. The first kappa shape index (κ1) is 20.5. The van der Waals surface area contributed by atoms with Crippen LogP contribution in [0, 0.1) is 12.8 Å². The van der Waals surface area contributed by atoms with Crippen molar-refractivity contribution in [1.82, 2.24) is 9.88 Å². The highest BCUT2D eigenvalue weighted by atomic mass is 35.5. The van der Waals surface area contributed by atoms with Gasteiger partial charge in [-0.3, -0.25) is 4.79 Å². The molecule has 1 amide bonds. The molecular formula is C21H19ClF3N3O2. The number of benzene rings is 2. The van der Waals surface area contributed by atoms with Crippen LogP contribution in [0.25, 0.3) is 11.1 Å². The summed E-state index contributed by atoms with van der Waals surface area (Å²) in [6, 6.07) is 9.13. The minimum Gasteiger partial charge on any atom is -0.424 e. The zero-order valence-electron chi connectivity index (χ0n) is 16.1. The Hall–Kier alpha value is -2.74. The number of halogens is 4. The molecule has 1 fully saturated rings. The van der Waals surface area contributed by atoms with Gasteiger partial charge in [0.15, 0.2) is 5.58 Å². The van der Waals surface area contributed by atoms with E-state index in [1.807, 2.05) is 0 Å². The predicted octanol–water partition coefficient (Wildman–Crippen LogP) is 5.38. The molecule has 1 aromatic heterocycles. The number of hydrogen-bond acceptors (Lipinski definition) is 4. The van der Waals surface area contributed by atoms with Gasteiger partial charge in [-0.25, -0.2) is 0 Å². The number of hydrogen-bond donors (Lipinski definition) is 1. The molecule has 1 aliphatic heterocycles. The lowest BCUT2D eigenvalue weighted by Gasteiger charge is -2.20. The highest BCUT2D eigenvalue weighted by Gasteiger charge is 2.37. The summed E-state index contributed by atoms with van der Waals surface area (Å²) >= 11 is 5.94. The molecule has 9 heteroatoms. The molecule has 0 unspecified atom stereocenters. The summed E-state index contributed by atoms with van der Waals surface area (Å²) in [7, 11) is 0. The molecule has 1 N–H and O–H groups in total. The number of fused-ring (bicyclic) bond motifs is 1. The summed E-state index contributed by atoms with van der Waals surface area (Å²) in [5, 5.41) is 3.65. The van der Waals surface area contributed by atoms with Gasteiger partial charge in [-0.1, -0.05) is 23.2 Å². The zero-order valence-corrected chi connectivity index (χ0v) is 16.8. The molecule has 30 heavy (non-hydrogen) atoms. The van der Waals surface area contributed by atoms with Crippen LogP contribution in [0.3, 0.4) is 0 Å². The molecule has 1 aliphatic rings. The van der Waals surface area contributed by atoms with Crippen LogP contribution in [0.15, 0.2) is 40.8 Å². The Balaban J connectivity index is 1.42. The van der Waals surface area contributed by atoms with E-state index in [4.69, 9.17) is 16.0 Å². The van der Waals surface area contributed by atoms with Gasteiger partial charge in [0.05, 0.1) is 11.1 Å². The lowest BCUT2D eigenvalue weighted by molar-refractivity contribution is -0.138. The van der Waals surface area contributed by atoms with Crippen molar-refractivity contribution in [2.24, 2.45) is 5.92 Å². The molecule has 1 atom stereocenters. The summed E-state index contributed by atoms with van der Waals surface area (Å²) < 4.78 is 45.6. The van der Waals surface area contributed by atoms with E-state index in [-0.39, 0.29) is 11.5 Å². The lowest BCUT2D eigenvalue weighted by atomic mass is 10.0. The summed E-state index contributed by atoms with van der Waals surface area (Å²) in [5.41, 5.74) is 0.646. The molecule has 0 bridgehead atoms. The molecule has 0 saturated carbocycles. The second-order valence-electron chi connectivity index (χ2n) is 7.46. The number of oxazole rings is 1. The van der Waals surface area contributed by atoms with Crippen molar-refractivity contribution in [1.29, 1.82) is 0 Å². The van der Waals surface area contributed by atoms with Gasteiger partial charge in [0, 0.05) is 30.7 Å². The van der Waals surface area contributed by atoms with Crippen molar-refractivity contribution >= 4 is 34.6 Å². The topological polar surface area (TPSA) is 58.4 Å². The Labute approximate surface area is 175 Å². The number of alkyl halides is 3. The maximum Gasteiger partial charge on any atom is 0.417 e. The first-order chi connectivity index (χ1) is 14.2. The van der Waals surface area contributed by atoms with Crippen molar-refractivity contribution in [2.75, 3.05) is 25.0 Å². The molecule has 2 aromatic carbocycles. The van der Waals surface area contributed by atoms with Crippen LogP contribution in [0.2, 0.25) is 5.02 Å². The second-order valence-corrected chi connectivity index (χ2v) is 7.90. The largest absolute Gasteiger partial charge is 0.424 e. The molecule has 3 aromatic rings. The smallest absolute Gasteiger partial charge is 0.417 e. The zero-order chi connectivity index (χ0) is 21.5. The third-order valence-corrected chi connectivity index (χ3v) is 5.41. The molecule has 5 nitrogen and oxygen atoms in total. The molecule has 0 spiro atoms. The van der Waals surface area contributed by atoms with Crippen molar-refractivity contribution in [2.45, 2.75) is 19.5 Å². The summed E-state index contributed by atoms with van der Waals surface area (Å²) in [5.74, 6) is -0.517. The fraction of sp³-hybridized carbons (Fsp3) is 0.333. The molecular weight excluding hydrogens is 419 g/mol. The van der Waals surface area contributed by atoms with Crippen LogP contribution < -0.4 is 5.32 Å². The molecule has 0 radical (unpaired) electrons. The van der Waals surface area contributed by atoms with Gasteiger partial charge in [0.1, 0.15) is 5.52 Å². The van der Waals surface area contributed by atoms with E-state index in [1.165, 1.54) is 17.0 Å². The van der Waals surface area contributed by atoms with Gasteiger partial charge in [0.2, 0.25) is 0 Å². The Morgan fingerprint density at radius 3 is 2.87 bits per heavy atom. The van der Waals surface area contributed by atoms with Gasteiger partial charge in [-0.15, -0.1) is 0 Å². The predicted molar refractivity (Wildman–Crippen MR) is 108 cm³/mol. The Bertz CT molecular complexity index is 1100. The maximum atomic E-state index is 13.3. The standard InChI is InChI=1S/C21H19ClF3N3O2/c1-12-2-4-16(21(23,24)25)15(8-12)19(29)28-7-6-13(11-28)10-26-20-27-17-5-3-14(22)9-18(17)30-20/h2-5,8-9,13H,6-7,10-11H2,1H3,(H,26,27)/t13-/m1/s1. The number of anilines is 1. The second kappa shape index (κ2) is 7.83. The van der Waals surface area contributed by atoms with E-state index in [0.717, 1.165) is 6.07 Å². The van der Waals surface area contributed by atoms with E-state index >= 15 is 0 Å². The minimum absolute atomic E-state index is 0.0756. The van der Waals surface area contributed by atoms with E-state index in [0.29, 0.717) is 53.8 Å². The number of rotatable bonds is 4. The average Bonchev–Trinajstić information content (AvgIpc) is 3.31. The average molecular weight is 438 g/mol. The van der Waals surface area contributed by atoms with Crippen LogP contribution in [0.5, 0.6) is 0 Å².